The summed E-state index contributed by atoms with van der Waals surface area (Å²) in [5.41, 5.74) is 2.77. The van der Waals surface area contributed by atoms with Gasteiger partial charge < -0.3 is 19.1 Å². The first-order valence-electron chi connectivity index (χ1n) is 15.8. The fraction of sp³-hybridized carbons (Fsp3) is 0.531. The maximum Gasteiger partial charge on any atom is 0.508 e. The van der Waals surface area contributed by atoms with Gasteiger partial charge in [-0.25, -0.2) is 13.6 Å². The fourth-order valence-corrected chi connectivity index (χ4v) is 7.87. The van der Waals surface area contributed by atoms with E-state index in [1.54, 1.807) is 12.4 Å². The quantitative estimate of drug-likeness (QED) is 0.318. The largest absolute Gasteiger partial charge is 0.508 e. The molecule has 0 saturated carbocycles. The summed E-state index contributed by atoms with van der Waals surface area (Å²) in [6, 6.07) is 1.99. The molecule has 0 aliphatic carbocycles. The van der Waals surface area contributed by atoms with E-state index < -0.39 is 23.7 Å². The third-order valence-electron chi connectivity index (χ3n) is 10.0. The molecule has 1 aromatic carbocycles. The third-order valence-corrected chi connectivity index (χ3v) is 10.0. The van der Waals surface area contributed by atoms with Gasteiger partial charge in [0.25, 0.3) is 0 Å². The smallest absolute Gasteiger partial charge is 0.461 e. The number of fused-ring (bicyclic) bond motifs is 8. The second kappa shape index (κ2) is 11.0. The number of aromatic nitrogens is 5. The minimum absolute atomic E-state index is 0.0360. The number of rotatable bonds is 3. The average molecular weight is 620 g/mol. The zero-order chi connectivity index (χ0) is 30.7. The van der Waals surface area contributed by atoms with Gasteiger partial charge >= 0.3 is 12.2 Å². The number of ether oxygens (including phenoxy) is 3. The molecule has 3 saturated heterocycles. The zero-order valence-electron chi connectivity index (χ0n) is 25.2. The SMILES string of the molecule is Cc1cc2[nH]ncc2c2c1CCOC(=O)OCC1CCCN(C1)c1nc(OC[C@@]34CCCN3C[C@H](F)C4)nc3c(F)c-2ncc13. The number of alkyl halides is 1. The monoisotopic (exact) mass is 619 g/mol. The van der Waals surface area contributed by atoms with Gasteiger partial charge in [-0.1, -0.05) is 0 Å². The van der Waals surface area contributed by atoms with Crippen LogP contribution in [0.25, 0.3) is 33.1 Å². The third kappa shape index (κ3) is 4.91. The Bertz CT molecular complexity index is 1800. The number of nitrogens with zero attached hydrogens (tertiary/aromatic N) is 6. The molecule has 4 aromatic rings. The van der Waals surface area contributed by atoms with Gasteiger partial charge in [0.15, 0.2) is 5.82 Å². The van der Waals surface area contributed by atoms with Crippen molar-refractivity contribution in [3.05, 3.63) is 35.4 Å². The summed E-state index contributed by atoms with van der Waals surface area (Å²) < 4.78 is 48.7. The standard InChI is InChI=1S/C32H35F2N7O4/c1-18-10-24-22(13-36-39-24)25-21(18)5-9-43-31(42)44-16-19-4-2-7-40(14-19)29-23-12-35-28(25)26(34)27(23)37-30(38-29)45-17-32-6-3-8-41(32)15-20(33)11-32/h10,12-13,19-20H,2-9,11,14-17H2,1H3,(H,36,39)/t19?,20-,32+/m1/s1. The normalized spacial score (nSPS) is 25.5. The number of carbonyl (C=O) groups excluding carboxylic acids is 1. The first-order chi connectivity index (χ1) is 21.9. The van der Waals surface area contributed by atoms with Gasteiger partial charge in [-0.2, -0.15) is 15.1 Å². The number of aromatic amines is 1. The van der Waals surface area contributed by atoms with Crippen molar-refractivity contribution >= 4 is 33.8 Å². The van der Waals surface area contributed by atoms with Crippen molar-refractivity contribution in [1.82, 2.24) is 30.0 Å². The molecule has 3 aromatic heterocycles. The van der Waals surface area contributed by atoms with Crippen molar-refractivity contribution in [1.29, 1.82) is 0 Å². The molecule has 45 heavy (non-hydrogen) atoms. The van der Waals surface area contributed by atoms with Crippen LogP contribution < -0.4 is 9.64 Å². The van der Waals surface area contributed by atoms with Crippen LogP contribution in [0.2, 0.25) is 0 Å². The molecule has 0 radical (unpaired) electrons. The summed E-state index contributed by atoms with van der Waals surface area (Å²) in [6.07, 6.45) is 5.91. The van der Waals surface area contributed by atoms with Gasteiger partial charge in [0, 0.05) is 55.5 Å². The number of halogens is 2. The summed E-state index contributed by atoms with van der Waals surface area (Å²) >= 11 is 0. The molecule has 1 unspecified atom stereocenters. The molecule has 11 nitrogen and oxygen atoms in total. The van der Waals surface area contributed by atoms with E-state index in [1.165, 1.54) is 0 Å². The summed E-state index contributed by atoms with van der Waals surface area (Å²) in [5.74, 6) is -0.0450. The van der Waals surface area contributed by atoms with Crippen LogP contribution in [-0.4, -0.2) is 93.9 Å². The number of benzene rings is 1. The lowest BCUT2D eigenvalue weighted by atomic mass is 9.93. The van der Waals surface area contributed by atoms with E-state index in [0.29, 0.717) is 54.6 Å². The van der Waals surface area contributed by atoms with Crippen LogP contribution in [0.4, 0.5) is 19.4 Å². The highest BCUT2D eigenvalue weighted by molar-refractivity contribution is 5.99. The van der Waals surface area contributed by atoms with Crippen molar-refractivity contribution in [2.24, 2.45) is 5.92 Å². The Kier molecular flexibility index (Phi) is 6.95. The summed E-state index contributed by atoms with van der Waals surface area (Å²) in [5, 5.41) is 8.35. The second-order valence-corrected chi connectivity index (χ2v) is 12.9. The molecular weight excluding hydrogens is 584 g/mol. The van der Waals surface area contributed by atoms with E-state index in [1.807, 2.05) is 13.0 Å². The van der Waals surface area contributed by atoms with Crippen molar-refractivity contribution in [2.75, 3.05) is 50.9 Å². The lowest BCUT2D eigenvalue weighted by molar-refractivity contribution is 0.0432. The van der Waals surface area contributed by atoms with E-state index in [0.717, 1.165) is 48.9 Å². The van der Waals surface area contributed by atoms with Gasteiger partial charge in [-0.3, -0.25) is 15.0 Å². The molecular formula is C32H35F2N7O4. The van der Waals surface area contributed by atoms with E-state index in [4.69, 9.17) is 19.2 Å². The number of nitrogens with one attached hydrogen (secondary N) is 1. The van der Waals surface area contributed by atoms with Gasteiger partial charge in [0.05, 0.1) is 35.9 Å². The van der Waals surface area contributed by atoms with Gasteiger partial charge in [-0.05, 0) is 56.3 Å². The molecule has 3 fully saturated rings. The summed E-state index contributed by atoms with van der Waals surface area (Å²) in [4.78, 5) is 30.9. The van der Waals surface area contributed by atoms with E-state index >= 15 is 4.39 Å². The highest BCUT2D eigenvalue weighted by atomic mass is 19.1. The Labute approximate surface area is 258 Å². The number of pyridine rings is 1. The number of anilines is 1. The maximum absolute atomic E-state index is 17.0. The highest BCUT2D eigenvalue weighted by Gasteiger charge is 2.49. The van der Waals surface area contributed by atoms with Crippen LogP contribution in [0, 0.1) is 18.7 Å². The predicted molar refractivity (Wildman–Crippen MR) is 162 cm³/mol. The number of carbonyl (C=O) groups is 1. The molecule has 3 atom stereocenters. The van der Waals surface area contributed by atoms with Crippen molar-refractivity contribution < 1.29 is 27.8 Å². The van der Waals surface area contributed by atoms with Crippen LogP contribution in [0.15, 0.2) is 18.5 Å². The fourth-order valence-electron chi connectivity index (χ4n) is 7.87. The molecule has 13 heteroatoms. The zero-order valence-corrected chi connectivity index (χ0v) is 25.2. The lowest BCUT2D eigenvalue weighted by Gasteiger charge is -2.34. The Morgan fingerprint density at radius 1 is 1.16 bits per heavy atom. The molecule has 0 spiro atoms. The lowest BCUT2D eigenvalue weighted by Crippen LogP contribution is -2.43. The van der Waals surface area contributed by atoms with Gasteiger partial charge in [-0.15, -0.1) is 0 Å². The first kappa shape index (κ1) is 28.4. The highest BCUT2D eigenvalue weighted by Crippen LogP contribution is 2.42. The number of aryl methyl sites for hydroxylation is 1. The number of hydrogen-bond acceptors (Lipinski definition) is 10. The molecule has 236 valence electrons. The van der Waals surface area contributed by atoms with E-state index in [9.17, 15) is 9.18 Å². The predicted octanol–water partition coefficient (Wildman–Crippen LogP) is 4.90. The maximum atomic E-state index is 17.0. The number of piperidine rings is 1. The molecule has 8 heterocycles. The number of H-pyrrole nitrogens is 1. The Balaban J connectivity index is 1.29. The van der Waals surface area contributed by atoms with Gasteiger partial charge in [0.2, 0.25) is 0 Å². The first-order valence-corrected chi connectivity index (χ1v) is 15.8. The molecule has 6 bridgehead atoms. The Hall–Kier alpha value is -4.13. The Morgan fingerprint density at radius 2 is 2.07 bits per heavy atom. The van der Waals surface area contributed by atoms with Gasteiger partial charge in [0.1, 0.15) is 29.8 Å². The summed E-state index contributed by atoms with van der Waals surface area (Å²) in [6.45, 7) is 4.87. The second-order valence-electron chi connectivity index (χ2n) is 12.9. The average Bonchev–Trinajstić information content (AvgIpc) is 3.73. The van der Waals surface area contributed by atoms with Crippen LogP contribution in [0.3, 0.4) is 0 Å². The molecule has 0 amide bonds. The van der Waals surface area contributed by atoms with E-state index in [-0.39, 0.29) is 43.0 Å². The minimum atomic E-state index is -0.895. The topological polar surface area (TPSA) is 119 Å². The number of hydrogen-bond donors (Lipinski definition) is 1. The van der Waals surface area contributed by atoms with Crippen LogP contribution in [0.5, 0.6) is 6.01 Å². The molecule has 5 aliphatic rings. The van der Waals surface area contributed by atoms with Crippen LogP contribution >= 0.6 is 0 Å². The van der Waals surface area contributed by atoms with Crippen LogP contribution in [-0.2, 0) is 15.9 Å². The Morgan fingerprint density at radius 3 is 2.98 bits per heavy atom. The molecule has 1 N–H and O–H groups in total. The minimum Gasteiger partial charge on any atom is -0.461 e. The van der Waals surface area contributed by atoms with Crippen molar-refractivity contribution in [3.63, 3.8) is 0 Å². The van der Waals surface area contributed by atoms with Crippen LogP contribution in [0.1, 0.15) is 43.2 Å². The van der Waals surface area contributed by atoms with Crippen molar-refractivity contribution in [3.8, 4) is 17.3 Å². The summed E-state index contributed by atoms with van der Waals surface area (Å²) in [7, 11) is 0. The molecule has 5 aliphatic heterocycles. The molecule has 9 rings (SSSR count). The van der Waals surface area contributed by atoms with Crippen molar-refractivity contribution in [2.45, 2.75) is 57.2 Å². The van der Waals surface area contributed by atoms with E-state index in [2.05, 4.69) is 30.0 Å².